The number of aromatic nitrogens is 1. The molecule has 0 unspecified atom stereocenters. The monoisotopic (exact) mass is 456 g/mol. The topological polar surface area (TPSA) is 56.8 Å². The predicted octanol–water partition coefficient (Wildman–Crippen LogP) is 3.94. The maximum atomic E-state index is 13.7. The van der Waals surface area contributed by atoms with Crippen molar-refractivity contribution in [2.75, 3.05) is 36.0 Å². The number of hydrogen-bond acceptors (Lipinski definition) is 5. The van der Waals surface area contributed by atoms with Gasteiger partial charge in [0.05, 0.1) is 11.3 Å². The number of piperazine rings is 1. The zero-order valence-corrected chi connectivity index (χ0v) is 19.2. The van der Waals surface area contributed by atoms with E-state index in [2.05, 4.69) is 9.88 Å². The van der Waals surface area contributed by atoms with Crippen molar-refractivity contribution < 1.29 is 14.0 Å². The van der Waals surface area contributed by atoms with Gasteiger partial charge in [-0.3, -0.25) is 9.59 Å². The van der Waals surface area contributed by atoms with Crippen LogP contribution in [0.2, 0.25) is 0 Å². The van der Waals surface area contributed by atoms with E-state index in [9.17, 15) is 14.0 Å². The van der Waals surface area contributed by atoms with Crippen molar-refractivity contribution in [3.63, 3.8) is 0 Å². The highest BCUT2D eigenvalue weighted by molar-refractivity contribution is 6.45. The number of pyridine rings is 1. The first-order valence-corrected chi connectivity index (χ1v) is 11.3. The molecule has 3 heterocycles. The first-order chi connectivity index (χ1) is 16.4. The number of anilines is 2. The van der Waals surface area contributed by atoms with E-state index < -0.39 is 5.82 Å². The zero-order chi connectivity index (χ0) is 23.8. The Morgan fingerprint density at radius 2 is 1.50 bits per heavy atom. The molecule has 2 aliphatic rings. The summed E-state index contributed by atoms with van der Waals surface area (Å²) in [6.45, 7) is 6.52. The van der Waals surface area contributed by atoms with E-state index in [1.54, 1.807) is 6.20 Å². The summed E-state index contributed by atoms with van der Waals surface area (Å²) < 4.78 is 13.5. The van der Waals surface area contributed by atoms with Crippen molar-refractivity contribution in [2.45, 2.75) is 13.8 Å². The van der Waals surface area contributed by atoms with E-state index in [1.165, 1.54) is 24.3 Å². The molecule has 5 rings (SSSR count). The average Bonchev–Trinajstić information content (AvgIpc) is 3.12. The Hall–Kier alpha value is -4.00. The van der Waals surface area contributed by atoms with E-state index in [0.717, 1.165) is 21.8 Å². The largest absolute Gasteiger partial charge is 0.363 e. The molecule has 0 radical (unpaired) electrons. The molecule has 0 atom stereocenters. The number of hydrogen-bond donors (Lipinski definition) is 0. The fourth-order valence-corrected chi connectivity index (χ4v) is 4.49. The number of nitrogens with zero attached hydrogens (tertiary/aromatic N) is 4. The first-order valence-electron chi connectivity index (χ1n) is 11.3. The van der Waals surface area contributed by atoms with Crippen LogP contribution in [0.4, 0.5) is 15.9 Å². The van der Waals surface area contributed by atoms with Crippen molar-refractivity contribution in [1.82, 2.24) is 9.88 Å². The minimum atomic E-state index is -0.420. The van der Waals surface area contributed by atoms with Crippen molar-refractivity contribution in [1.29, 1.82) is 0 Å². The molecule has 2 aromatic carbocycles. The van der Waals surface area contributed by atoms with Gasteiger partial charge < -0.3 is 9.80 Å². The van der Waals surface area contributed by atoms with Crippen LogP contribution in [-0.4, -0.2) is 47.9 Å². The summed E-state index contributed by atoms with van der Waals surface area (Å²) in [5.74, 6) is -0.290. The second-order valence-corrected chi connectivity index (χ2v) is 8.61. The molecule has 6 nitrogen and oxygen atoms in total. The van der Waals surface area contributed by atoms with Crippen LogP contribution in [0.3, 0.4) is 0 Å². The van der Waals surface area contributed by atoms with Crippen LogP contribution in [0, 0.1) is 19.7 Å². The quantitative estimate of drug-likeness (QED) is 0.557. The van der Waals surface area contributed by atoms with Gasteiger partial charge in [-0.25, -0.2) is 14.3 Å². The number of carbonyl (C=O) groups excluding carboxylic acids is 2. The van der Waals surface area contributed by atoms with E-state index in [-0.39, 0.29) is 11.8 Å². The fourth-order valence-electron chi connectivity index (χ4n) is 4.49. The molecule has 7 heteroatoms. The standard InChI is InChI=1S/C27H25FN4O2/c1-18-6-7-20(17-19(18)2)24-25(27(34)32(26(24)33)22-10-8-21(28)9-11-22)31-15-13-30(14-16-31)23-5-3-4-12-29-23/h3-12,17H,13-16H2,1-2H3. The minimum absolute atomic E-state index is 0.361. The lowest BCUT2D eigenvalue weighted by molar-refractivity contribution is -0.120. The molecule has 34 heavy (non-hydrogen) atoms. The molecule has 2 amide bonds. The molecule has 3 aromatic rings. The highest BCUT2D eigenvalue weighted by Crippen LogP contribution is 2.36. The molecule has 0 saturated carbocycles. The second-order valence-electron chi connectivity index (χ2n) is 8.61. The summed E-state index contributed by atoms with van der Waals surface area (Å²) in [5, 5.41) is 0. The van der Waals surface area contributed by atoms with Crippen LogP contribution in [0.15, 0.2) is 72.6 Å². The average molecular weight is 457 g/mol. The van der Waals surface area contributed by atoms with Crippen molar-refractivity contribution in [3.8, 4) is 0 Å². The molecule has 1 saturated heterocycles. The summed E-state index contributed by atoms with van der Waals surface area (Å²) in [7, 11) is 0. The summed E-state index contributed by atoms with van der Waals surface area (Å²) >= 11 is 0. The van der Waals surface area contributed by atoms with Gasteiger partial charge in [0.1, 0.15) is 17.3 Å². The summed E-state index contributed by atoms with van der Waals surface area (Å²) in [5.41, 5.74) is 4.03. The highest BCUT2D eigenvalue weighted by Gasteiger charge is 2.43. The number of carbonyl (C=O) groups is 2. The molecule has 2 aliphatic heterocycles. The molecule has 1 fully saturated rings. The van der Waals surface area contributed by atoms with E-state index >= 15 is 0 Å². The fraction of sp³-hybridized carbons (Fsp3) is 0.222. The lowest BCUT2D eigenvalue weighted by Crippen LogP contribution is -2.48. The van der Waals surface area contributed by atoms with Gasteiger partial charge >= 0.3 is 0 Å². The number of benzene rings is 2. The second kappa shape index (κ2) is 8.74. The van der Waals surface area contributed by atoms with Gasteiger partial charge in [-0.05, 0) is 66.9 Å². The van der Waals surface area contributed by atoms with Gasteiger partial charge in [-0.15, -0.1) is 0 Å². The normalized spacial score (nSPS) is 16.6. The van der Waals surface area contributed by atoms with Gasteiger partial charge in [0.25, 0.3) is 11.8 Å². The Labute approximate surface area is 197 Å². The number of amides is 2. The van der Waals surface area contributed by atoms with Crippen LogP contribution in [0.25, 0.3) is 5.57 Å². The number of aryl methyl sites for hydroxylation is 2. The number of rotatable bonds is 4. The van der Waals surface area contributed by atoms with Gasteiger partial charge in [-0.2, -0.15) is 0 Å². The summed E-state index contributed by atoms with van der Waals surface area (Å²) in [6, 6.07) is 17.1. The van der Waals surface area contributed by atoms with Gasteiger partial charge in [0.2, 0.25) is 0 Å². The van der Waals surface area contributed by atoms with E-state index in [0.29, 0.717) is 48.7 Å². The summed E-state index contributed by atoms with van der Waals surface area (Å²) in [6.07, 6.45) is 1.77. The SMILES string of the molecule is Cc1ccc(C2=C(N3CCN(c4ccccn4)CC3)C(=O)N(c3ccc(F)cc3)C2=O)cc1C. The van der Waals surface area contributed by atoms with Crippen LogP contribution >= 0.6 is 0 Å². The molecule has 0 spiro atoms. The van der Waals surface area contributed by atoms with Gasteiger partial charge in [0.15, 0.2) is 0 Å². The van der Waals surface area contributed by atoms with Gasteiger partial charge in [0, 0.05) is 32.4 Å². The Bertz CT molecular complexity index is 1280. The maximum absolute atomic E-state index is 13.7. The molecular formula is C27H25FN4O2. The Morgan fingerprint density at radius 3 is 2.15 bits per heavy atom. The van der Waals surface area contributed by atoms with Crippen LogP contribution < -0.4 is 9.80 Å². The Balaban J connectivity index is 1.52. The lowest BCUT2D eigenvalue weighted by Gasteiger charge is -2.37. The van der Waals surface area contributed by atoms with Crippen molar-refractivity contribution in [2.24, 2.45) is 0 Å². The van der Waals surface area contributed by atoms with E-state index in [4.69, 9.17) is 0 Å². The number of halogens is 1. The smallest absolute Gasteiger partial charge is 0.282 e. The first kappa shape index (κ1) is 21.8. The third-order valence-corrected chi connectivity index (χ3v) is 6.51. The maximum Gasteiger partial charge on any atom is 0.282 e. The third kappa shape index (κ3) is 3.83. The number of imide groups is 1. The van der Waals surface area contributed by atoms with Crippen LogP contribution in [0.5, 0.6) is 0 Å². The van der Waals surface area contributed by atoms with Gasteiger partial charge in [-0.1, -0.05) is 24.3 Å². The minimum Gasteiger partial charge on any atom is -0.363 e. The molecule has 0 bridgehead atoms. The Kier molecular flexibility index (Phi) is 5.61. The molecule has 1 aromatic heterocycles. The van der Waals surface area contributed by atoms with Crippen LogP contribution in [0.1, 0.15) is 16.7 Å². The van der Waals surface area contributed by atoms with E-state index in [1.807, 2.05) is 55.1 Å². The Morgan fingerprint density at radius 1 is 0.794 bits per heavy atom. The molecule has 0 aliphatic carbocycles. The van der Waals surface area contributed by atoms with Crippen molar-refractivity contribution in [3.05, 3.63) is 95.1 Å². The van der Waals surface area contributed by atoms with Crippen LogP contribution in [-0.2, 0) is 9.59 Å². The molecular weight excluding hydrogens is 431 g/mol. The summed E-state index contributed by atoms with van der Waals surface area (Å²) in [4.78, 5) is 37.1. The van der Waals surface area contributed by atoms with Crippen molar-refractivity contribution >= 4 is 28.9 Å². The highest BCUT2D eigenvalue weighted by atomic mass is 19.1. The third-order valence-electron chi connectivity index (χ3n) is 6.51. The lowest BCUT2D eigenvalue weighted by atomic mass is 9.99. The zero-order valence-electron chi connectivity index (χ0n) is 19.2. The molecule has 172 valence electrons. The predicted molar refractivity (Wildman–Crippen MR) is 130 cm³/mol. The molecule has 0 N–H and O–H groups in total.